The van der Waals surface area contributed by atoms with Gasteiger partial charge in [-0.2, -0.15) is 4.31 Å². The van der Waals surface area contributed by atoms with Crippen molar-refractivity contribution < 1.29 is 17.9 Å². The Bertz CT molecular complexity index is 932. The van der Waals surface area contributed by atoms with Gasteiger partial charge in [-0.1, -0.05) is 20.8 Å². The number of aryl methyl sites for hydroxylation is 2. The Morgan fingerprint density at radius 3 is 2.36 bits per heavy atom. The topological polar surface area (TPSA) is 75.7 Å². The summed E-state index contributed by atoms with van der Waals surface area (Å²) in [5.41, 5.74) is 1.49. The van der Waals surface area contributed by atoms with Crippen molar-refractivity contribution in [2.24, 2.45) is 0 Å². The fourth-order valence-corrected chi connectivity index (χ4v) is 5.42. The molecule has 6 nitrogen and oxygen atoms in total. The van der Waals surface area contributed by atoms with Gasteiger partial charge in [0, 0.05) is 18.0 Å². The van der Waals surface area contributed by atoms with Gasteiger partial charge in [-0.05, 0) is 50.1 Å². The van der Waals surface area contributed by atoms with Gasteiger partial charge >= 0.3 is 0 Å². The molecule has 1 heterocycles. The minimum atomic E-state index is -3.63. The van der Waals surface area contributed by atoms with Crippen molar-refractivity contribution >= 4 is 33.0 Å². The molecule has 2 aromatic rings. The van der Waals surface area contributed by atoms with E-state index in [0.29, 0.717) is 36.0 Å². The molecular formula is C20H28N2O4S2. The second-order valence-corrected chi connectivity index (χ2v) is 9.37. The number of hydrogen-bond donors (Lipinski definition) is 1. The summed E-state index contributed by atoms with van der Waals surface area (Å²) in [4.78, 5) is 14.6. The van der Waals surface area contributed by atoms with Crippen LogP contribution in [0.25, 0.3) is 0 Å². The number of hydrogen-bond acceptors (Lipinski definition) is 5. The number of rotatable bonds is 9. The van der Waals surface area contributed by atoms with E-state index in [1.807, 2.05) is 26.8 Å². The predicted octanol–water partition coefficient (Wildman–Crippen LogP) is 4.30. The van der Waals surface area contributed by atoms with E-state index in [9.17, 15) is 13.2 Å². The molecule has 0 unspecified atom stereocenters. The molecule has 0 bridgehead atoms. The highest BCUT2D eigenvalue weighted by molar-refractivity contribution is 7.89. The van der Waals surface area contributed by atoms with Crippen LogP contribution in [0.15, 0.2) is 29.2 Å². The van der Waals surface area contributed by atoms with E-state index in [4.69, 9.17) is 4.74 Å². The van der Waals surface area contributed by atoms with E-state index in [0.717, 1.165) is 16.9 Å². The molecule has 1 aromatic carbocycles. The van der Waals surface area contributed by atoms with Gasteiger partial charge in [0.1, 0.15) is 5.75 Å². The van der Waals surface area contributed by atoms with Crippen LogP contribution in [0.5, 0.6) is 5.75 Å². The molecule has 0 aliphatic heterocycles. The fourth-order valence-electron chi connectivity index (χ4n) is 2.93. The molecule has 1 aromatic heterocycles. The van der Waals surface area contributed by atoms with Crippen molar-refractivity contribution in [2.75, 3.05) is 25.0 Å². The predicted molar refractivity (Wildman–Crippen MR) is 114 cm³/mol. The lowest BCUT2D eigenvalue weighted by atomic mass is 10.2. The van der Waals surface area contributed by atoms with Crippen molar-refractivity contribution in [1.82, 2.24) is 4.31 Å². The van der Waals surface area contributed by atoms with Crippen molar-refractivity contribution in [1.29, 1.82) is 0 Å². The van der Waals surface area contributed by atoms with Crippen LogP contribution >= 0.6 is 11.3 Å². The SMILES string of the molecule is CCOc1ccc(S(=O)(=O)N(CC)CC)cc1NC(=O)c1cc(CC)c(C)s1. The van der Waals surface area contributed by atoms with E-state index in [2.05, 4.69) is 5.32 Å². The molecule has 0 radical (unpaired) electrons. The number of benzene rings is 1. The molecule has 1 N–H and O–H groups in total. The number of carbonyl (C=O) groups excluding carboxylic acids is 1. The molecule has 0 atom stereocenters. The number of carbonyl (C=O) groups is 1. The molecule has 0 fully saturated rings. The highest BCUT2D eigenvalue weighted by Gasteiger charge is 2.24. The fraction of sp³-hybridized carbons (Fsp3) is 0.450. The maximum atomic E-state index is 12.8. The molecule has 0 aliphatic rings. The first-order valence-corrected chi connectivity index (χ1v) is 11.7. The van der Waals surface area contributed by atoms with Gasteiger partial charge in [-0.3, -0.25) is 4.79 Å². The molecule has 0 saturated heterocycles. The standard InChI is InChI=1S/C20H28N2O4S2/c1-6-15-12-19(27-14(15)5)20(23)21-17-13-16(10-11-18(17)26-9-4)28(24,25)22(7-2)8-3/h10-13H,6-9H2,1-5H3,(H,21,23). The molecule has 2 rings (SSSR count). The molecule has 154 valence electrons. The van der Waals surface area contributed by atoms with Gasteiger partial charge < -0.3 is 10.1 Å². The average Bonchev–Trinajstić information content (AvgIpc) is 3.05. The van der Waals surface area contributed by atoms with Crippen LogP contribution in [-0.2, 0) is 16.4 Å². The Kier molecular flexibility index (Phi) is 7.63. The second kappa shape index (κ2) is 9.54. The first-order chi connectivity index (χ1) is 13.3. The van der Waals surface area contributed by atoms with Gasteiger partial charge in [0.05, 0.1) is 22.1 Å². The number of nitrogens with one attached hydrogen (secondary N) is 1. The molecule has 0 aliphatic carbocycles. The third kappa shape index (κ3) is 4.74. The third-order valence-corrected chi connectivity index (χ3v) is 7.60. The quantitative estimate of drug-likeness (QED) is 0.651. The summed E-state index contributed by atoms with van der Waals surface area (Å²) in [6.45, 7) is 10.6. The Hall–Kier alpha value is -1.90. The van der Waals surface area contributed by atoms with Gasteiger partial charge in [0.2, 0.25) is 10.0 Å². The lowest BCUT2D eigenvalue weighted by Gasteiger charge is -2.20. The summed E-state index contributed by atoms with van der Waals surface area (Å²) < 4.78 is 32.6. The Morgan fingerprint density at radius 1 is 1.14 bits per heavy atom. The maximum Gasteiger partial charge on any atom is 0.265 e. The molecule has 0 spiro atoms. The van der Waals surface area contributed by atoms with E-state index >= 15 is 0 Å². The summed E-state index contributed by atoms with van der Waals surface area (Å²) in [6, 6.07) is 6.45. The highest BCUT2D eigenvalue weighted by Crippen LogP contribution is 2.31. The largest absolute Gasteiger partial charge is 0.492 e. The zero-order valence-electron chi connectivity index (χ0n) is 17.0. The van der Waals surface area contributed by atoms with Crippen LogP contribution in [0.4, 0.5) is 5.69 Å². The molecule has 28 heavy (non-hydrogen) atoms. The van der Waals surface area contributed by atoms with Crippen molar-refractivity contribution in [3.8, 4) is 5.75 Å². The summed E-state index contributed by atoms with van der Waals surface area (Å²) >= 11 is 1.43. The number of sulfonamides is 1. The number of nitrogens with zero attached hydrogens (tertiary/aromatic N) is 1. The Labute approximate surface area is 171 Å². The number of anilines is 1. The summed E-state index contributed by atoms with van der Waals surface area (Å²) in [5, 5.41) is 2.83. The van der Waals surface area contributed by atoms with Crippen LogP contribution in [0.2, 0.25) is 0 Å². The van der Waals surface area contributed by atoms with Crippen LogP contribution in [0.3, 0.4) is 0 Å². The van der Waals surface area contributed by atoms with Crippen LogP contribution in [0, 0.1) is 6.92 Å². The molecule has 1 amide bonds. The Morgan fingerprint density at radius 2 is 1.82 bits per heavy atom. The van der Waals surface area contributed by atoms with Crippen LogP contribution < -0.4 is 10.1 Å². The monoisotopic (exact) mass is 424 g/mol. The first kappa shape index (κ1) is 22.4. The maximum absolute atomic E-state index is 12.8. The Balaban J connectivity index is 2.41. The highest BCUT2D eigenvalue weighted by atomic mass is 32.2. The van der Waals surface area contributed by atoms with Crippen molar-refractivity contribution in [3.63, 3.8) is 0 Å². The lowest BCUT2D eigenvalue weighted by Crippen LogP contribution is -2.30. The first-order valence-electron chi connectivity index (χ1n) is 9.46. The molecular weight excluding hydrogens is 396 g/mol. The second-order valence-electron chi connectivity index (χ2n) is 6.18. The molecule has 0 saturated carbocycles. The van der Waals surface area contributed by atoms with E-state index in [-0.39, 0.29) is 10.8 Å². The lowest BCUT2D eigenvalue weighted by molar-refractivity contribution is 0.103. The zero-order valence-corrected chi connectivity index (χ0v) is 18.7. The smallest absolute Gasteiger partial charge is 0.265 e. The van der Waals surface area contributed by atoms with E-state index in [1.165, 1.54) is 27.8 Å². The van der Waals surface area contributed by atoms with Gasteiger partial charge in [0.25, 0.3) is 5.91 Å². The number of amides is 1. The number of ether oxygens (including phenoxy) is 1. The minimum Gasteiger partial charge on any atom is -0.492 e. The van der Waals surface area contributed by atoms with Gasteiger partial charge in [0.15, 0.2) is 0 Å². The summed E-state index contributed by atoms with van der Waals surface area (Å²) in [7, 11) is -3.63. The van der Waals surface area contributed by atoms with Crippen molar-refractivity contribution in [2.45, 2.75) is 45.9 Å². The third-order valence-electron chi connectivity index (χ3n) is 4.47. The normalized spacial score (nSPS) is 11.6. The van der Waals surface area contributed by atoms with Crippen LogP contribution in [0.1, 0.15) is 47.8 Å². The zero-order chi connectivity index (χ0) is 20.9. The molecule has 8 heteroatoms. The van der Waals surface area contributed by atoms with Gasteiger partial charge in [-0.15, -0.1) is 11.3 Å². The van der Waals surface area contributed by atoms with Crippen molar-refractivity contribution in [3.05, 3.63) is 39.6 Å². The van der Waals surface area contributed by atoms with Crippen LogP contribution in [-0.4, -0.2) is 38.3 Å². The average molecular weight is 425 g/mol. The van der Waals surface area contributed by atoms with E-state index < -0.39 is 10.0 Å². The summed E-state index contributed by atoms with van der Waals surface area (Å²) in [6.07, 6.45) is 0.859. The minimum absolute atomic E-state index is 0.131. The number of thiophene rings is 1. The van der Waals surface area contributed by atoms with E-state index in [1.54, 1.807) is 19.9 Å². The summed E-state index contributed by atoms with van der Waals surface area (Å²) in [5.74, 6) is 0.171. The van der Waals surface area contributed by atoms with Gasteiger partial charge in [-0.25, -0.2) is 8.42 Å².